The summed E-state index contributed by atoms with van der Waals surface area (Å²) in [7, 11) is 0. The first kappa shape index (κ1) is 11.4. The van der Waals surface area contributed by atoms with Crippen LogP contribution >= 0.6 is 23.2 Å². The van der Waals surface area contributed by atoms with Gasteiger partial charge in [0.2, 0.25) is 5.89 Å². The molecule has 2 aromatic carbocycles. The van der Waals surface area contributed by atoms with E-state index in [4.69, 9.17) is 33.4 Å². The maximum atomic E-state index is 6.11. The topological polar surface area (TPSA) is 52.0 Å². The van der Waals surface area contributed by atoms with E-state index in [1.807, 2.05) is 0 Å². The number of aromatic nitrogens is 1. The molecule has 0 aliphatic heterocycles. The molecule has 0 saturated carbocycles. The van der Waals surface area contributed by atoms with E-state index in [0.29, 0.717) is 38.3 Å². The van der Waals surface area contributed by atoms with Crippen molar-refractivity contribution >= 4 is 40.0 Å². The van der Waals surface area contributed by atoms with Crippen molar-refractivity contribution in [2.24, 2.45) is 0 Å². The van der Waals surface area contributed by atoms with Crippen molar-refractivity contribution in [2.45, 2.75) is 0 Å². The highest BCUT2D eigenvalue weighted by Crippen LogP contribution is 2.35. The van der Waals surface area contributed by atoms with Gasteiger partial charge in [0.15, 0.2) is 5.58 Å². The van der Waals surface area contributed by atoms with Crippen LogP contribution in [0.2, 0.25) is 10.0 Å². The van der Waals surface area contributed by atoms with Gasteiger partial charge >= 0.3 is 0 Å². The van der Waals surface area contributed by atoms with Gasteiger partial charge in [-0.2, -0.15) is 0 Å². The molecule has 1 heterocycles. The molecule has 0 bridgehead atoms. The average Bonchev–Trinajstić information content (AvgIpc) is 2.71. The first-order chi connectivity index (χ1) is 8.65. The number of halogens is 2. The number of oxazole rings is 1. The second-order valence-corrected chi connectivity index (χ2v) is 4.66. The first-order valence-corrected chi connectivity index (χ1v) is 6.01. The van der Waals surface area contributed by atoms with E-state index in [1.165, 1.54) is 0 Å². The van der Waals surface area contributed by atoms with Crippen molar-refractivity contribution in [3.05, 3.63) is 46.4 Å². The maximum Gasteiger partial charge on any atom is 0.230 e. The molecule has 0 aliphatic rings. The van der Waals surface area contributed by atoms with Crippen LogP contribution in [-0.2, 0) is 0 Å². The summed E-state index contributed by atoms with van der Waals surface area (Å²) in [6.07, 6.45) is 0. The molecule has 0 atom stereocenters. The molecule has 1 aromatic heterocycles. The summed E-state index contributed by atoms with van der Waals surface area (Å²) in [5.41, 5.74) is 8.25. The van der Waals surface area contributed by atoms with Gasteiger partial charge in [0.05, 0.1) is 15.6 Å². The SMILES string of the molecule is Nc1ccc2oc(-c3c(Cl)cccc3Cl)nc2c1. The normalized spacial score (nSPS) is 11.0. The van der Waals surface area contributed by atoms with Crippen molar-refractivity contribution < 1.29 is 4.42 Å². The van der Waals surface area contributed by atoms with E-state index in [2.05, 4.69) is 4.98 Å². The van der Waals surface area contributed by atoms with E-state index < -0.39 is 0 Å². The Bertz CT molecular complexity index is 717. The smallest absolute Gasteiger partial charge is 0.230 e. The number of rotatable bonds is 1. The van der Waals surface area contributed by atoms with Gasteiger partial charge in [-0.25, -0.2) is 4.98 Å². The van der Waals surface area contributed by atoms with Crippen LogP contribution in [0.15, 0.2) is 40.8 Å². The number of nitrogens with zero attached hydrogens (tertiary/aromatic N) is 1. The Kier molecular flexibility index (Phi) is 2.65. The lowest BCUT2D eigenvalue weighted by molar-refractivity contribution is 0.620. The van der Waals surface area contributed by atoms with Crippen molar-refractivity contribution in [3.8, 4) is 11.5 Å². The Labute approximate surface area is 113 Å². The van der Waals surface area contributed by atoms with Crippen LogP contribution in [0.1, 0.15) is 0 Å². The summed E-state index contributed by atoms with van der Waals surface area (Å²) < 4.78 is 5.64. The second kappa shape index (κ2) is 4.19. The lowest BCUT2D eigenvalue weighted by Gasteiger charge is -2.01. The van der Waals surface area contributed by atoms with Gasteiger partial charge in [-0.3, -0.25) is 0 Å². The molecular formula is C13H8Cl2N2O. The first-order valence-electron chi connectivity index (χ1n) is 5.25. The van der Waals surface area contributed by atoms with E-state index in [-0.39, 0.29) is 0 Å². The van der Waals surface area contributed by atoms with Crippen LogP contribution in [0, 0.1) is 0 Å². The fraction of sp³-hybridized carbons (Fsp3) is 0. The Balaban J connectivity index is 2.26. The zero-order valence-corrected chi connectivity index (χ0v) is 10.7. The highest BCUT2D eigenvalue weighted by molar-refractivity contribution is 6.38. The molecule has 0 saturated heterocycles. The van der Waals surface area contributed by atoms with Gasteiger partial charge in [-0.05, 0) is 30.3 Å². The van der Waals surface area contributed by atoms with Crippen LogP contribution in [0.25, 0.3) is 22.6 Å². The molecule has 0 fully saturated rings. The minimum Gasteiger partial charge on any atom is -0.436 e. The third kappa shape index (κ3) is 1.82. The number of nitrogen functional groups attached to an aromatic ring is 1. The van der Waals surface area contributed by atoms with Crippen LogP contribution in [-0.4, -0.2) is 4.98 Å². The van der Waals surface area contributed by atoms with Gasteiger partial charge in [0.1, 0.15) is 5.52 Å². The van der Waals surface area contributed by atoms with Crippen LogP contribution in [0.5, 0.6) is 0 Å². The van der Waals surface area contributed by atoms with Gasteiger partial charge in [0, 0.05) is 5.69 Å². The van der Waals surface area contributed by atoms with Gasteiger partial charge < -0.3 is 10.2 Å². The molecule has 2 N–H and O–H groups in total. The summed E-state index contributed by atoms with van der Waals surface area (Å²) in [5, 5.41) is 1.00. The number of hydrogen-bond acceptors (Lipinski definition) is 3. The molecule has 90 valence electrons. The molecule has 3 aromatic rings. The molecule has 3 rings (SSSR count). The molecule has 18 heavy (non-hydrogen) atoms. The zero-order valence-electron chi connectivity index (χ0n) is 9.15. The largest absolute Gasteiger partial charge is 0.436 e. The second-order valence-electron chi connectivity index (χ2n) is 3.84. The molecule has 3 nitrogen and oxygen atoms in total. The standard InChI is InChI=1S/C13H8Cl2N2O/c14-8-2-1-3-9(15)12(8)13-17-10-6-7(16)4-5-11(10)18-13/h1-6H,16H2. The Morgan fingerprint density at radius 1 is 1.06 bits per heavy atom. The minimum absolute atomic E-state index is 0.395. The van der Waals surface area contributed by atoms with Gasteiger partial charge in [0.25, 0.3) is 0 Å². The fourth-order valence-electron chi connectivity index (χ4n) is 1.75. The van der Waals surface area contributed by atoms with Crippen molar-refractivity contribution in [3.63, 3.8) is 0 Å². The number of hydrogen-bond donors (Lipinski definition) is 1. The van der Waals surface area contributed by atoms with Crippen molar-refractivity contribution in [1.29, 1.82) is 0 Å². The minimum atomic E-state index is 0.395. The molecule has 5 heteroatoms. The van der Waals surface area contributed by atoms with Crippen molar-refractivity contribution in [2.75, 3.05) is 5.73 Å². The molecule has 0 aliphatic carbocycles. The lowest BCUT2D eigenvalue weighted by Crippen LogP contribution is -1.83. The highest BCUT2D eigenvalue weighted by Gasteiger charge is 2.14. The quantitative estimate of drug-likeness (QED) is 0.672. The molecule has 0 amide bonds. The van der Waals surface area contributed by atoms with E-state index in [9.17, 15) is 0 Å². The Morgan fingerprint density at radius 3 is 2.50 bits per heavy atom. The molecule has 0 radical (unpaired) electrons. The summed E-state index contributed by atoms with van der Waals surface area (Å²) in [4.78, 5) is 4.35. The Morgan fingerprint density at radius 2 is 1.78 bits per heavy atom. The molecule has 0 unspecified atom stereocenters. The Hall–Kier alpha value is -1.71. The monoisotopic (exact) mass is 278 g/mol. The lowest BCUT2D eigenvalue weighted by atomic mass is 10.2. The van der Waals surface area contributed by atoms with Crippen molar-refractivity contribution in [1.82, 2.24) is 4.98 Å². The van der Waals surface area contributed by atoms with E-state index in [0.717, 1.165) is 0 Å². The third-order valence-electron chi connectivity index (χ3n) is 2.59. The highest BCUT2D eigenvalue weighted by atomic mass is 35.5. The number of anilines is 1. The number of benzene rings is 2. The van der Waals surface area contributed by atoms with E-state index >= 15 is 0 Å². The summed E-state index contributed by atoms with van der Waals surface area (Å²) in [5.74, 6) is 0.395. The fourth-order valence-corrected chi connectivity index (χ4v) is 2.31. The van der Waals surface area contributed by atoms with Gasteiger partial charge in [-0.1, -0.05) is 29.3 Å². The average molecular weight is 279 g/mol. The van der Waals surface area contributed by atoms with E-state index in [1.54, 1.807) is 36.4 Å². The van der Waals surface area contributed by atoms with Crippen LogP contribution < -0.4 is 5.73 Å². The predicted octanol–water partition coefficient (Wildman–Crippen LogP) is 4.38. The number of fused-ring (bicyclic) bond motifs is 1. The predicted molar refractivity (Wildman–Crippen MR) is 73.9 cm³/mol. The summed E-state index contributed by atoms with van der Waals surface area (Å²) in [6, 6.07) is 10.5. The summed E-state index contributed by atoms with van der Waals surface area (Å²) in [6.45, 7) is 0. The van der Waals surface area contributed by atoms with Crippen LogP contribution in [0.4, 0.5) is 5.69 Å². The maximum absolute atomic E-state index is 6.11. The molecular weight excluding hydrogens is 271 g/mol. The summed E-state index contributed by atoms with van der Waals surface area (Å²) >= 11 is 12.2. The zero-order chi connectivity index (χ0) is 12.7. The van der Waals surface area contributed by atoms with Crippen LogP contribution in [0.3, 0.4) is 0 Å². The number of nitrogens with two attached hydrogens (primary N) is 1. The molecule has 0 spiro atoms. The third-order valence-corrected chi connectivity index (χ3v) is 3.22. The van der Waals surface area contributed by atoms with Gasteiger partial charge in [-0.15, -0.1) is 0 Å².